The average Bonchev–Trinajstić information content (AvgIpc) is 3.22. The number of nitrogens with zero attached hydrogens (tertiary/aromatic N) is 5. The molecule has 0 N–H and O–H groups in total. The van der Waals surface area contributed by atoms with Crippen molar-refractivity contribution in [3.8, 4) is 0 Å². The van der Waals surface area contributed by atoms with Gasteiger partial charge in [0.2, 0.25) is 5.28 Å². The van der Waals surface area contributed by atoms with E-state index in [9.17, 15) is 8.42 Å². The molecule has 0 atom stereocenters. The Morgan fingerprint density at radius 1 is 0.769 bits per heavy atom. The van der Waals surface area contributed by atoms with E-state index in [0.717, 1.165) is 45.0 Å². The van der Waals surface area contributed by atoms with Crippen molar-refractivity contribution in [3.05, 3.63) is 11.1 Å². The molecule has 222 valence electrons. The summed E-state index contributed by atoms with van der Waals surface area (Å²) in [7, 11) is -3.60. The van der Waals surface area contributed by atoms with Crippen LogP contribution >= 0.6 is 11.6 Å². The Balaban J connectivity index is 1.23. The second-order valence-corrected chi connectivity index (χ2v) is 14.0. The largest absolute Gasteiger partial charge is 0.379 e. The first-order valence-corrected chi connectivity index (χ1v) is 17.2. The Kier molecular flexibility index (Phi) is 13.9. The number of aryl methyl sites for hydroxylation is 2. The molecule has 1 saturated heterocycles. The van der Waals surface area contributed by atoms with E-state index in [4.69, 9.17) is 16.3 Å². The normalized spacial score (nSPS) is 15.1. The van der Waals surface area contributed by atoms with Gasteiger partial charge < -0.3 is 9.30 Å². The molecule has 8 nitrogen and oxygen atoms in total. The molecule has 0 saturated carbocycles. The molecule has 0 spiro atoms. The molecule has 0 aliphatic carbocycles. The van der Waals surface area contributed by atoms with E-state index in [1.807, 2.05) is 11.5 Å². The maximum Gasteiger partial charge on any atom is 0.225 e. The minimum atomic E-state index is -3.60. The van der Waals surface area contributed by atoms with Crippen LogP contribution < -0.4 is 0 Å². The summed E-state index contributed by atoms with van der Waals surface area (Å²) in [6.07, 6.45) is 18.2. The van der Waals surface area contributed by atoms with Crippen molar-refractivity contribution in [2.24, 2.45) is 0 Å². The molecule has 3 rings (SSSR count). The van der Waals surface area contributed by atoms with Crippen LogP contribution in [0.1, 0.15) is 110 Å². The fourth-order valence-corrected chi connectivity index (χ4v) is 6.68. The van der Waals surface area contributed by atoms with Crippen LogP contribution in [-0.4, -0.2) is 70.9 Å². The predicted octanol–water partition coefficient (Wildman–Crippen LogP) is 6.76. The third-order valence-corrected chi connectivity index (χ3v) is 10.1. The lowest BCUT2D eigenvalue weighted by Gasteiger charge is -2.26. The number of unbranched alkanes of at least 4 members (excludes halogenated alkanes) is 13. The van der Waals surface area contributed by atoms with Gasteiger partial charge in [0, 0.05) is 19.6 Å². The molecule has 39 heavy (non-hydrogen) atoms. The summed E-state index contributed by atoms with van der Waals surface area (Å²) in [6.45, 7) is 11.2. The van der Waals surface area contributed by atoms with Gasteiger partial charge in [0.25, 0.3) is 0 Å². The first-order chi connectivity index (χ1) is 18.8. The van der Waals surface area contributed by atoms with Gasteiger partial charge in [-0.05, 0) is 51.8 Å². The summed E-state index contributed by atoms with van der Waals surface area (Å²) in [4.78, 5) is 15.3. The molecular weight excluding hydrogens is 534 g/mol. The smallest absolute Gasteiger partial charge is 0.225 e. The zero-order valence-electron chi connectivity index (χ0n) is 24.5. The molecule has 0 aromatic carbocycles. The number of halogens is 1. The van der Waals surface area contributed by atoms with Crippen molar-refractivity contribution in [2.75, 3.05) is 32.8 Å². The molecule has 1 aliphatic heterocycles. The number of sulfone groups is 1. The number of aromatic nitrogens is 4. The first-order valence-electron chi connectivity index (χ1n) is 15.2. The highest BCUT2D eigenvalue weighted by Crippen LogP contribution is 2.26. The minimum absolute atomic E-state index is 0.00289. The lowest BCUT2D eigenvalue weighted by Crippen LogP contribution is -2.36. The van der Waals surface area contributed by atoms with Crippen molar-refractivity contribution < 1.29 is 13.2 Å². The molecule has 1 fully saturated rings. The number of rotatable bonds is 19. The molecule has 0 radical (unpaired) electrons. The van der Waals surface area contributed by atoms with Gasteiger partial charge in [0.15, 0.2) is 20.5 Å². The van der Waals surface area contributed by atoms with Gasteiger partial charge in [-0.25, -0.2) is 18.4 Å². The van der Waals surface area contributed by atoms with E-state index < -0.39 is 15.1 Å². The van der Waals surface area contributed by atoms with E-state index in [1.54, 1.807) is 13.8 Å². The molecule has 0 bridgehead atoms. The van der Waals surface area contributed by atoms with E-state index in [1.165, 1.54) is 83.6 Å². The Morgan fingerprint density at radius 3 is 1.77 bits per heavy atom. The molecule has 0 amide bonds. The molecule has 1 aliphatic rings. The molecule has 10 heteroatoms. The standard InChI is InChI=1S/C29H50ClN5O3S/c1-24(2)39(36,37)28-26-27(32-29(30)33-28)31-25(3)35(26)19-17-15-13-11-9-7-5-4-6-8-10-12-14-16-18-34-20-22-38-23-21-34/h24H,4-23H2,1-3H3. The summed E-state index contributed by atoms with van der Waals surface area (Å²) in [5, 5.41) is -0.676. The summed E-state index contributed by atoms with van der Waals surface area (Å²) in [5.41, 5.74) is 0.842. The van der Waals surface area contributed by atoms with E-state index in [0.29, 0.717) is 17.7 Å². The molecule has 2 aromatic rings. The van der Waals surface area contributed by atoms with E-state index in [-0.39, 0.29) is 10.3 Å². The zero-order valence-corrected chi connectivity index (χ0v) is 26.0. The van der Waals surface area contributed by atoms with Gasteiger partial charge >= 0.3 is 0 Å². The van der Waals surface area contributed by atoms with Crippen LogP contribution in [0.3, 0.4) is 0 Å². The number of ether oxygens (including phenoxy) is 1. The van der Waals surface area contributed by atoms with Gasteiger partial charge in [0.1, 0.15) is 11.3 Å². The van der Waals surface area contributed by atoms with Gasteiger partial charge in [-0.15, -0.1) is 0 Å². The fraction of sp³-hybridized carbons (Fsp3) is 0.828. The number of imidazole rings is 1. The third-order valence-electron chi connectivity index (χ3n) is 7.83. The molecule has 2 aromatic heterocycles. The second-order valence-electron chi connectivity index (χ2n) is 11.3. The monoisotopic (exact) mass is 583 g/mol. The van der Waals surface area contributed by atoms with Crippen molar-refractivity contribution >= 4 is 32.6 Å². The van der Waals surface area contributed by atoms with Crippen LogP contribution in [-0.2, 0) is 21.1 Å². The predicted molar refractivity (Wildman–Crippen MR) is 159 cm³/mol. The second kappa shape index (κ2) is 16.8. The fourth-order valence-electron chi connectivity index (χ4n) is 5.33. The van der Waals surface area contributed by atoms with Crippen molar-refractivity contribution in [1.29, 1.82) is 0 Å². The summed E-state index contributed by atoms with van der Waals surface area (Å²) < 4.78 is 33.2. The highest BCUT2D eigenvalue weighted by Gasteiger charge is 2.28. The lowest BCUT2D eigenvalue weighted by molar-refractivity contribution is 0.0371. The number of hydrogen-bond donors (Lipinski definition) is 0. The Labute approximate surface area is 241 Å². The summed E-state index contributed by atoms with van der Waals surface area (Å²) in [5.74, 6) is 0.745. The maximum absolute atomic E-state index is 12.9. The average molecular weight is 584 g/mol. The highest BCUT2D eigenvalue weighted by atomic mass is 35.5. The molecule has 0 unspecified atom stereocenters. The maximum atomic E-state index is 12.9. The van der Waals surface area contributed by atoms with Crippen LogP contribution in [0, 0.1) is 6.92 Å². The molecular formula is C29H50ClN5O3S. The van der Waals surface area contributed by atoms with Gasteiger partial charge in [0.05, 0.1) is 18.5 Å². The minimum Gasteiger partial charge on any atom is -0.379 e. The Morgan fingerprint density at radius 2 is 1.26 bits per heavy atom. The van der Waals surface area contributed by atoms with Gasteiger partial charge in [-0.2, -0.15) is 4.98 Å². The van der Waals surface area contributed by atoms with Crippen LogP contribution in [0.25, 0.3) is 11.2 Å². The van der Waals surface area contributed by atoms with E-state index in [2.05, 4.69) is 19.9 Å². The topological polar surface area (TPSA) is 90.2 Å². The van der Waals surface area contributed by atoms with Crippen LogP contribution in [0.4, 0.5) is 0 Å². The Hall–Kier alpha value is -1.29. The zero-order chi connectivity index (χ0) is 28.1. The van der Waals surface area contributed by atoms with Crippen LogP contribution in [0.2, 0.25) is 5.28 Å². The van der Waals surface area contributed by atoms with Crippen molar-refractivity contribution in [3.63, 3.8) is 0 Å². The first kappa shape index (κ1) is 32.2. The number of hydrogen-bond acceptors (Lipinski definition) is 7. The Bertz CT molecular complexity index is 1100. The quantitative estimate of drug-likeness (QED) is 0.102. The molecule has 3 heterocycles. The van der Waals surface area contributed by atoms with Gasteiger partial charge in [-0.1, -0.05) is 77.0 Å². The third kappa shape index (κ3) is 10.2. The van der Waals surface area contributed by atoms with Gasteiger partial charge in [-0.3, -0.25) is 4.90 Å². The highest BCUT2D eigenvalue weighted by molar-refractivity contribution is 7.92. The van der Waals surface area contributed by atoms with Crippen molar-refractivity contribution in [2.45, 2.75) is 127 Å². The van der Waals surface area contributed by atoms with Crippen LogP contribution in [0.5, 0.6) is 0 Å². The van der Waals surface area contributed by atoms with Crippen molar-refractivity contribution in [1.82, 2.24) is 24.4 Å². The van der Waals surface area contributed by atoms with E-state index >= 15 is 0 Å². The SMILES string of the molecule is Cc1nc2nc(Cl)nc(S(=O)(=O)C(C)C)c2n1CCCCCCCCCCCCCCCCN1CCOCC1. The number of fused-ring (bicyclic) bond motifs is 1. The van der Waals surface area contributed by atoms with Crippen LogP contribution in [0.15, 0.2) is 5.03 Å². The number of morpholine rings is 1. The summed E-state index contributed by atoms with van der Waals surface area (Å²) >= 11 is 6.02. The summed E-state index contributed by atoms with van der Waals surface area (Å²) in [6, 6.07) is 0. The lowest BCUT2D eigenvalue weighted by atomic mass is 10.0.